The van der Waals surface area contributed by atoms with Crippen molar-refractivity contribution in [3.05, 3.63) is 34.9 Å². The highest BCUT2D eigenvalue weighted by molar-refractivity contribution is 9.10. The zero-order valence-electron chi connectivity index (χ0n) is 8.63. The van der Waals surface area contributed by atoms with Crippen LogP contribution in [0.1, 0.15) is 13.3 Å². The highest BCUT2D eigenvalue weighted by Gasteiger charge is 2.01. The number of fused-ring (bicyclic) bond motifs is 1. The Morgan fingerprint density at radius 2 is 2.20 bits per heavy atom. The Morgan fingerprint density at radius 3 is 3.00 bits per heavy atom. The molecule has 0 aliphatic carbocycles. The molecule has 0 bridgehead atoms. The minimum absolute atomic E-state index is 0.992. The van der Waals surface area contributed by atoms with Gasteiger partial charge in [0.1, 0.15) is 0 Å². The number of nitrogens with one attached hydrogen (secondary N) is 1. The second-order valence-electron chi connectivity index (χ2n) is 3.45. The average molecular weight is 265 g/mol. The van der Waals surface area contributed by atoms with Crippen LogP contribution in [0.4, 0.5) is 5.69 Å². The zero-order valence-corrected chi connectivity index (χ0v) is 10.2. The molecule has 0 amide bonds. The van der Waals surface area contributed by atoms with Gasteiger partial charge in [-0.3, -0.25) is 4.98 Å². The molecule has 0 fully saturated rings. The lowest BCUT2D eigenvalue weighted by Crippen LogP contribution is -2.00. The monoisotopic (exact) mass is 264 g/mol. The van der Waals surface area contributed by atoms with Gasteiger partial charge in [-0.2, -0.15) is 0 Å². The number of benzene rings is 1. The summed E-state index contributed by atoms with van der Waals surface area (Å²) in [6, 6.07) is 8.15. The zero-order chi connectivity index (χ0) is 10.7. The van der Waals surface area contributed by atoms with Crippen LogP contribution in [0.3, 0.4) is 0 Å². The first-order valence-corrected chi connectivity index (χ1v) is 5.88. The molecule has 1 aromatic carbocycles. The van der Waals surface area contributed by atoms with Gasteiger partial charge in [-0.15, -0.1) is 0 Å². The van der Waals surface area contributed by atoms with Crippen LogP contribution < -0.4 is 5.32 Å². The van der Waals surface area contributed by atoms with Crippen molar-refractivity contribution in [2.24, 2.45) is 0 Å². The third kappa shape index (κ3) is 2.29. The lowest BCUT2D eigenvalue weighted by Gasteiger charge is -2.08. The van der Waals surface area contributed by atoms with Crippen molar-refractivity contribution >= 4 is 32.5 Å². The quantitative estimate of drug-likeness (QED) is 0.912. The van der Waals surface area contributed by atoms with Crippen molar-refractivity contribution in [1.82, 2.24) is 4.98 Å². The molecule has 0 spiro atoms. The first-order valence-electron chi connectivity index (χ1n) is 5.09. The van der Waals surface area contributed by atoms with Gasteiger partial charge < -0.3 is 5.32 Å². The molecule has 0 aliphatic heterocycles. The van der Waals surface area contributed by atoms with Crippen LogP contribution in [0.15, 0.2) is 34.9 Å². The van der Waals surface area contributed by atoms with E-state index in [1.54, 1.807) is 0 Å². The molecule has 78 valence electrons. The maximum atomic E-state index is 4.33. The smallest absolute Gasteiger partial charge is 0.0723 e. The van der Waals surface area contributed by atoms with Crippen LogP contribution in [-0.2, 0) is 0 Å². The fraction of sp³-hybridized carbons (Fsp3) is 0.250. The lowest BCUT2D eigenvalue weighted by molar-refractivity contribution is 0.981. The molecule has 2 rings (SSSR count). The van der Waals surface area contributed by atoms with Crippen molar-refractivity contribution in [1.29, 1.82) is 0 Å². The van der Waals surface area contributed by atoms with Gasteiger partial charge in [-0.25, -0.2) is 0 Å². The number of anilines is 1. The molecule has 1 N–H and O–H groups in total. The highest BCUT2D eigenvalue weighted by atomic mass is 79.9. The van der Waals surface area contributed by atoms with E-state index in [-0.39, 0.29) is 0 Å². The van der Waals surface area contributed by atoms with Crippen LogP contribution in [0.5, 0.6) is 0 Å². The molecule has 0 radical (unpaired) electrons. The van der Waals surface area contributed by atoms with Gasteiger partial charge in [0.05, 0.1) is 5.52 Å². The van der Waals surface area contributed by atoms with Crippen LogP contribution in [0.25, 0.3) is 10.9 Å². The third-order valence-electron chi connectivity index (χ3n) is 2.27. The van der Waals surface area contributed by atoms with Gasteiger partial charge in [0.2, 0.25) is 0 Å². The summed E-state index contributed by atoms with van der Waals surface area (Å²) in [6.45, 7) is 3.15. The number of hydrogen-bond acceptors (Lipinski definition) is 2. The number of hydrogen-bond donors (Lipinski definition) is 1. The minimum Gasteiger partial charge on any atom is -0.384 e. The van der Waals surface area contributed by atoms with E-state index in [0.29, 0.717) is 0 Å². The molecule has 1 aromatic heterocycles. The van der Waals surface area contributed by atoms with E-state index in [2.05, 4.69) is 39.2 Å². The first-order chi connectivity index (χ1) is 7.31. The Balaban J connectivity index is 2.48. The van der Waals surface area contributed by atoms with E-state index in [0.717, 1.165) is 28.6 Å². The predicted molar refractivity (Wildman–Crippen MR) is 68.2 cm³/mol. The molecule has 0 unspecified atom stereocenters. The van der Waals surface area contributed by atoms with E-state index in [1.165, 1.54) is 5.39 Å². The van der Waals surface area contributed by atoms with Crippen molar-refractivity contribution in [2.75, 3.05) is 11.9 Å². The summed E-state index contributed by atoms with van der Waals surface area (Å²) in [5.41, 5.74) is 2.18. The van der Waals surface area contributed by atoms with Crippen LogP contribution >= 0.6 is 15.9 Å². The maximum absolute atomic E-state index is 4.33. The van der Waals surface area contributed by atoms with E-state index >= 15 is 0 Å². The normalized spacial score (nSPS) is 10.5. The Kier molecular flexibility index (Phi) is 3.21. The highest BCUT2D eigenvalue weighted by Crippen LogP contribution is 2.24. The van der Waals surface area contributed by atoms with E-state index in [4.69, 9.17) is 0 Å². The summed E-state index contributed by atoms with van der Waals surface area (Å²) in [7, 11) is 0. The minimum atomic E-state index is 0.992. The molecule has 0 saturated heterocycles. The Bertz CT molecular complexity index is 468. The second kappa shape index (κ2) is 4.62. The topological polar surface area (TPSA) is 24.9 Å². The number of aromatic nitrogens is 1. The van der Waals surface area contributed by atoms with Gasteiger partial charge in [-0.05, 0) is 30.7 Å². The van der Waals surface area contributed by atoms with Gasteiger partial charge in [-0.1, -0.05) is 22.9 Å². The summed E-state index contributed by atoms with van der Waals surface area (Å²) in [5, 5.41) is 4.57. The summed E-state index contributed by atoms with van der Waals surface area (Å²) < 4.78 is 1.09. The fourth-order valence-corrected chi connectivity index (χ4v) is 1.89. The molecule has 3 heteroatoms. The van der Waals surface area contributed by atoms with Crippen molar-refractivity contribution in [3.8, 4) is 0 Å². The summed E-state index contributed by atoms with van der Waals surface area (Å²) in [4.78, 5) is 4.33. The molecule has 0 atom stereocenters. The van der Waals surface area contributed by atoms with Crippen molar-refractivity contribution in [3.63, 3.8) is 0 Å². The molecule has 1 heterocycles. The molecule has 2 nitrogen and oxygen atoms in total. The Labute approximate surface area is 97.8 Å². The molecule has 15 heavy (non-hydrogen) atoms. The van der Waals surface area contributed by atoms with Crippen molar-refractivity contribution in [2.45, 2.75) is 13.3 Å². The van der Waals surface area contributed by atoms with E-state index < -0.39 is 0 Å². The largest absolute Gasteiger partial charge is 0.384 e. The van der Waals surface area contributed by atoms with Crippen molar-refractivity contribution < 1.29 is 0 Å². The lowest BCUT2D eigenvalue weighted by atomic mass is 10.2. The molecule has 2 aromatic rings. The SMILES string of the molecule is CCCNc1ccnc2ccc(Br)cc12. The summed E-state index contributed by atoms with van der Waals surface area (Å²) in [5.74, 6) is 0. The predicted octanol–water partition coefficient (Wildman–Crippen LogP) is 3.82. The molecule has 0 saturated carbocycles. The Morgan fingerprint density at radius 1 is 1.33 bits per heavy atom. The second-order valence-corrected chi connectivity index (χ2v) is 4.36. The summed E-state index contributed by atoms with van der Waals surface area (Å²) in [6.07, 6.45) is 2.96. The first kappa shape index (κ1) is 10.4. The van der Waals surface area contributed by atoms with Crippen LogP contribution in [-0.4, -0.2) is 11.5 Å². The molecule has 0 aliphatic rings. The molecular formula is C12H13BrN2. The third-order valence-corrected chi connectivity index (χ3v) is 2.76. The van der Waals surface area contributed by atoms with Gasteiger partial charge in [0.25, 0.3) is 0 Å². The van der Waals surface area contributed by atoms with E-state index in [1.807, 2.05) is 24.4 Å². The standard InChI is InChI=1S/C12H13BrN2/c1-2-6-14-12-5-7-15-11-4-3-9(13)8-10(11)12/h3-5,7-8H,2,6H2,1H3,(H,14,15). The number of pyridine rings is 1. The summed E-state index contributed by atoms with van der Waals surface area (Å²) >= 11 is 3.48. The fourth-order valence-electron chi connectivity index (χ4n) is 1.53. The number of rotatable bonds is 3. The maximum Gasteiger partial charge on any atom is 0.0723 e. The average Bonchev–Trinajstić information content (AvgIpc) is 2.26. The van der Waals surface area contributed by atoms with Crippen LogP contribution in [0.2, 0.25) is 0 Å². The number of halogens is 1. The number of nitrogens with zero attached hydrogens (tertiary/aromatic N) is 1. The molecular weight excluding hydrogens is 252 g/mol. The van der Waals surface area contributed by atoms with Gasteiger partial charge in [0, 0.05) is 28.3 Å². The van der Waals surface area contributed by atoms with Crippen LogP contribution in [0, 0.1) is 0 Å². The van der Waals surface area contributed by atoms with Gasteiger partial charge >= 0.3 is 0 Å². The Hall–Kier alpha value is -1.09. The van der Waals surface area contributed by atoms with E-state index in [9.17, 15) is 0 Å². The van der Waals surface area contributed by atoms with Gasteiger partial charge in [0.15, 0.2) is 0 Å².